The molecule has 1 aliphatic heterocycles. The van der Waals surface area contributed by atoms with Gasteiger partial charge in [-0.25, -0.2) is 4.98 Å². The number of ether oxygens (including phenoxy) is 1. The summed E-state index contributed by atoms with van der Waals surface area (Å²) in [5, 5.41) is 12.1. The lowest BCUT2D eigenvalue weighted by molar-refractivity contribution is -0.129. The van der Waals surface area contributed by atoms with Crippen LogP contribution in [0.5, 0.6) is 0 Å². The molecule has 4 heterocycles. The number of fused-ring (bicyclic) bond motifs is 1. The van der Waals surface area contributed by atoms with Gasteiger partial charge in [0.1, 0.15) is 12.1 Å². The number of carbonyl (C=O) groups is 1. The van der Waals surface area contributed by atoms with Crippen LogP contribution in [0.15, 0.2) is 18.7 Å². The van der Waals surface area contributed by atoms with E-state index in [-0.39, 0.29) is 17.9 Å². The molecule has 0 saturated carbocycles. The number of rotatable bonds is 7. The maximum absolute atomic E-state index is 12.8. The number of nitrogens with zero attached hydrogens (tertiary/aromatic N) is 7. The van der Waals surface area contributed by atoms with Gasteiger partial charge in [0.05, 0.1) is 18.8 Å². The molecule has 0 unspecified atom stereocenters. The fourth-order valence-corrected chi connectivity index (χ4v) is 4.01. The van der Waals surface area contributed by atoms with Gasteiger partial charge in [0.2, 0.25) is 5.91 Å². The summed E-state index contributed by atoms with van der Waals surface area (Å²) in [6.07, 6.45) is 5.79. The highest BCUT2D eigenvalue weighted by Gasteiger charge is 2.41. The number of hydrogen-bond acceptors (Lipinski definition) is 7. The Labute approximate surface area is 168 Å². The Balaban J connectivity index is 1.61. The molecule has 0 spiro atoms. The molecule has 1 fully saturated rings. The number of aromatic nitrogens is 6. The van der Waals surface area contributed by atoms with E-state index in [4.69, 9.17) is 4.74 Å². The monoisotopic (exact) mass is 398 g/mol. The fourth-order valence-electron chi connectivity index (χ4n) is 4.01. The number of anilines is 1. The van der Waals surface area contributed by atoms with E-state index >= 15 is 0 Å². The van der Waals surface area contributed by atoms with Gasteiger partial charge in [-0.1, -0.05) is 0 Å². The van der Waals surface area contributed by atoms with E-state index in [0.29, 0.717) is 31.9 Å². The van der Waals surface area contributed by atoms with E-state index in [1.807, 2.05) is 38.2 Å². The predicted molar refractivity (Wildman–Crippen MR) is 106 cm³/mol. The topological polar surface area (TPSA) is 102 Å². The first-order valence-electron chi connectivity index (χ1n) is 9.67. The minimum atomic E-state index is -0.0478. The summed E-state index contributed by atoms with van der Waals surface area (Å²) >= 11 is 0. The smallest absolute Gasteiger partial charge is 0.254 e. The van der Waals surface area contributed by atoms with E-state index in [2.05, 4.69) is 25.5 Å². The molecule has 0 aromatic carbocycles. The van der Waals surface area contributed by atoms with Gasteiger partial charge in [-0.3, -0.25) is 9.48 Å². The van der Waals surface area contributed by atoms with E-state index in [1.165, 1.54) is 6.33 Å². The van der Waals surface area contributed by atoms with Crippen LogP contribution >= 0.6 is 0 Å². The first kappa shape index (κ1) is 19.3. The van der Waals surface area contributed by atoms with Crippen LogP contribution in [-0.2, 0) is 16.6 Å². The second-order valence-corrected chi connectivity index (χ2v) is 7.46. The Morgan fingerprint density at radius 1 is 1.31 bits per heavy atom. The average Bonchev–Trinajstić information content (AvgIpc) is 3.39. The van der Waals surface area contributed by atoms with Gasteiger partial charge in [-0.05, 0) is 13.8 Å². The first-order valence-corrected chi connectivity index (χ1v) is 9.67. The zero-order chi connectivity index (χ0) is 20.5. The SMILES string of the molecule is COCCN1C(=O)C[C@H](CNc2c(C)c(C)nc3ncnn23)[C@H]1c1cnn(C)c1. The van der Waals surface area contributed by atoms with Gasteiger partial charge >= 0.3 is 0 Å². The summed E-state index contributed by atoms with van der Waals surface area (Å²) < 4.78 is 8.70. The summed E-state index contributed by atoms with van der Waals surface area (Å²) in [5.74, 6) is 1.65. The lowest BCUT2D eigenvalue weighted by Gasteiger charge is -2.28. The molecule has 0 radical (unpaired) electrons. The van der Waals surface area contributed by atoms with Crippen molar-refractivity contribution >= 4 is 17.5 Å². The van der Waals surface area contributed by atoms with Crippen LogP contribution in [0.3, 0.4) is 0 Å². The quantitative estimate of drug-likeness (QED) is 0.636. The maximum atomic E-state index is 12.8. The van der Waals surface area contributed by atoms with Crippen molar-refractivity contribution in [3.8, 4) is 0 Å². The van der Waals surface area contributed by atoms with Crippen LogP contribution in [0.25, 0.3) is 5.78 Å². The van der Waals surface area contributed by atoms with Crippen molar-refractivity contribution in [1.82, 2.24) is 34.3 Å². The highest BCUT2D eigenvalue weighted by molar-refractivity contribution is 5.79. The van der Waals surface area contributed by atoms with Crippen molar-refractivity contribution in [2.45, 2.75) is 26.3 Å². The third-order valence-corrected chi connectivity index (χ3v) is 5.58. The fraction of sp³-hybridized carbons (Fsp3) is 0.526. The van der Waals surface area contributed by atoms with Crippen molar-refractivity contribution in [3.63, 3.8) is 0 Å². The van der Waals surface area contributed by atoms with Gasteiger partial charge in [0.25, 0.3) is 5.78 Å². The summed E-state index contributed by atoms with van der Waals surface area (Å²) in [7, 11) is 3.54. The van der Waals surface area contributed by atoms with Crippen LogP contribution < -0.4 is 5.32 Å². The zero-order valence-corrected chi connectivity index (χ0v) is 17.2. The second-order valence-electron chi connectivity index (χ2n) is 7.46. The average molecular weight is 398 g/mol. The molecule has 1 N–H and O–H groups in total. The molecule has 0 bridgehead atoms. The van der Waals surface area contributed by atoms with Gasteiger partial charge < -0.3 is 15.0 Å². The van der Waals surface area contributed by atoms with Crippen molar-refractivity contribution in [3.05, 3.63) is 35.5 Å². The summed E-state index contributed by atoms with van der Waals surface area (Å²) in [5.41, 5.74) is 2.96. The van der Waals surface area contributed by atoms with Gasteiger partial charge in [0, 0.05) is 62.6 Å². The van der Waals surface area contributed by atoms with E-state index in [1.54, 1.807) is 16.3 Å². The maximum Gasteiger partial charge on any atom is 0.254 e. The minimum Gasteiger partial charge on any atom is -0.383 e. The number of hydrogen-bond donors (Lipinski definition) is 1. The largest absolute Gasteiger partial charge is 0.383 e. The molecule has 2 atom stereocenters. The number of likely N-dealkylation sites (tertiary alicyclic amines) is 1. The number of methoxy groups -OCH3 is 1. The molecule has 29 heavy (non-hydrogen) atoms. The molecule has 4 rings (SSSR count). The van der Waals surface area contributed by atoms with Gasteiger partial charge in [-0.15, -0.1) is 0 Å². The third-order valence-electron chi connectivity index (χ3n) is 5.58. The summed E-state index contributed by atoms with van der Waals surface area (Å²) in [6, 6.07) is -0.0478. The van der Waals surface area contributed by atoms with Crippen LogP contribution in [0.4, 0.5) is 5.82 Å². The summed E-state index contributed by atoms with van der Waals surface area (Å²) in [4.78, 5) is 23.3. The molecule has 1 saturated heterocycles. The lowest BCUT2D eigenvalue weighted by Crippen LogP contribution is -2.33. The first-order chi connectivity index (χ1) is 14.0. The Morgan fingerprint density at radius 3 is 2.86 bits per heavy atom. The Morgan fingerprint density at radius 2 is 2.14 bits per heavy atom. The molecule has 10 nitrogen and oxygen atoms in total. The molecule has 1 amide bonds. The Kier molecular flexibility index (Phi) is 5.18. The molecule has 0 aliphatic carbocycles. The number of amides is 1. The number of carbonyl (C=O) groups excluding carboxylic acids is 1. The zero-order valence-electron chi connectivity index (χ0n) is 17.2. The molecular weight excluding hydrogens is 372 g/mol. The normalized spacial score (nSPS) is 19.4. The predicted octanol–water partition coefficient (Wildman–Crippen LogP) is 1.12. The standard InChI is InChI=1S/C19H26N8O2/c1-12-13(2)24-19-21-11-23-27(19)18(12)20-8-14-7-16(28)26(5-6-29-4)17(14)15-9-22-25(3)10-15/h9-11,14,17,20H,5-8H2,1-4H3/t14-,17+/m1/s1. The van der Waals surface area contributed by atoms with E-state index in [0.717, 1.165) is 22.6 Å². The van der Waals surface area contributed by atoms with Crippen LogP contribution in [0.2, 0.25) is 0 Å². The Bertz CT molecular complexity index is 1030. The third kappa shape index (κ3) is 3.55. The van der Waals surface area contributed by atoms with Crippen LogP contribution in [0.1, 0.15) is 29.3 Å². The van der Waals surface area contributed by atoms with E-state index < -0.39 is 0 Å². The molecule has 10 heteroatoms. The van der Waals surface area contributed by atoms with Crippen molar-refractivity contribution in [2.75, 3.05) is 32.1 Å². The van der Waals surface area contributed by atoms with E-state index in [9.17, 15) is 4.79 Å². The number of aryl methyl sites for hydroxylation is 2. The molecule has 3 aromatic rings. The minimum absolute atomic E-state index is 0.0478. The Hall–Kier alpha value is -3.01. The molecular formula is C19H26N8O2. The van der Waals surface area contributed by atoms with Crippen LogP contribution in [0, 0.1) is 19.8 Å². The van der Waals surface area contributed by atoms with Crippen molar-refractivity contribution in [2.24, 2.45) is 13.0 Å². The highest BCUT2D eigenvalue weighted by atomic mass is 16.5. The second kappa shape index (κ2) is 7.78. The lowest BCUT2D eigenvalue weighted by atomic mass is 9.95. The molecule has 154 valence electrons. The number of nitrogens with one attached hydrogen (secondary N) is 1. The van der Waals surface area contributed by atoms with Gasteiger partial charge in [-0.2, -0.15) is 19.7 Å². The highest BCUT2D eigenvalue weighted by Crippen LogP contribution is 2.38. The van der Waals surface area contributed by atoms with Crippen molar-refractivity contribution < 1.29 is 9.53 Å². The molecule has 1 aliphatic rings. The summed E-state index contributed by atoms with van der Waals surface area (Å²) in [6.45, 7) is 5.65. The van der Waals surface area contributed by atoms with Crippen molar-refractivity contribution in [1.29, 1.82) is 0 Å². The molecule has 3 aromatic heterocycles. The van der Waals surface area contributed by atoms with Crippen LogP contribution in [-0.4, -0.2) is 67.0 Å². The van der Waals surface area contributed by atoms with Gasteiger partial charge in [0.15, 0.2) is 0 Å².